The van der Waals surface area contributed by atoms with Crippen LogP contribution >= 0.6 is 0 Å². The van der Waals surface area contributed by atoms with Crippen LogP contribution in [0.1, 0.15) is 106 Å². The van der Waals surface area contributed by atoms with Gasteiger partial charge in [0.05, 0.1) is 11.1 Å². The number of hydrogen-bond donors (Lipinski definition) is 2. The van der Waals surface area contributed by atoms with Crippen molar-refractivity contribution < 1.29 is 48.2 Å². The molecule has 0 aliphatic carbocycles. The van der Waals surface area contributed by atoms with E-state index in [1.165, 1.54) is 12.1 Å². The predicted molar refractivity (Wildman–Crippen MR) is 220 cm³/mol. The molecule has 0 radical (unpaired) electrons. The minimum atomic E-state index is -0.905. The first-order valence-corrected chi connectivity index (χ1v) is 20.6. The van der Waals surface area contributed by atoms with E-state index in [0.29, 0.717) is 50.3 Å². The molecule has 0 aliphatic heterocycles. The van der Waals surface area contributed by atoms with Crippen LogP contribution in [0.15, 0.2) is 66.7 Å². The van der Waals surface area contributed by atoms with E-state index < -0.39 is 36.7 Å². The maximum atomic E-state index is 13.0. The fourth-order valence-corrected chi connectivity index (χ4v) is 5.78. The van der Waals surface area contributed by atoms with Gasteiger partial charge in [-0.3, -0.25) is 0 Å². The Morgan fingerprint density at radius 2 is 1.00 bits per heavy atom. The van der Waals surface area contributed by atoms with Crippen LogP contribution in [0.2, 0.25) is 0 Å². The SMILES string of the molecule is CCCCOC(CCC)C(=O)OC(CC)Oc1ccc(-c2nc(-c3ccccc3)nc(-c3ccc(OC(CC)OC(=O)C(CCC)OCCCC)cc3O)n2)c(O)c1. The van der Waals surface area contributed by atoms with Gasteiger partial charge in [0.25, 0.3) is 0 Å². The number of aromatic hydroxyl groups is 2. The molecule has 4 unspecified atom stereocenters. The molecule has 4 aromatic rings. The van der Waals surface area contributed by atoms with Crippen molar-refractivity contribution in [2.24, 2.45) is 0 Å². The number of ether oxygens (including phenoxy) is 6. The Hall–Kier alpha value is -5.27. The molecule has 4 atom stereocenters. The summed E-state index contributed by atoms with van der Waals surface area (Å²) < 4.78 is 34.9. The molecule has 0 saturated carbocycles. The third kappa shape index (κ3) is 13.4. The lowest BCUT2D eigenvalue weighted by Crippen LogP contribution is -2.33. The van der Waals surface area contributed by atoms with E-state index in [1.54, 1.807) is 24.3 Å². The molecule has 3 aromatic carbocycles. The summed E-state index contributed by atoms with van der Waals surface area (Å²) in [5.74, 6) is -0.232. The molecule has 1 aromatic heterocycles. The number of phenols is 2. The van der Waals surface area contributed by atoms with Gasteiger partial charge in [0.2, 0.25) is 12.6 Å². The molecule has 0 bridgehead atoms. The number of rotatable bonds is 25. The Balaban J connectivity index is 1.57. The maximum Gasteiger partial charge on any atom is 0.338 e. The van der Waals surface area contributed by atoms with Crippen LogP contribution in [0, 0.1) is 0 Å². The molecule has 13 nitrogen and oxygen atoms in total. The Kier molecular flexibility index (Phi) is 18.7. The lowest BCUT2D eigenvalue weighted by atomic mass is 10.1. The van der Waals surface area contributed by atoms with E-state index in [0.717, 1.165) is 38.5 Å². The van der Waals surface area contributed by atoms with Gasteiger partial charge >= 0.3 is 11.9 Å². The van der Waals surface area contributed by atoms with Crippen LogP contribution in [-0.4, -0.2) is 75.1 Å². The van der Waals surface area contributed by atoms with Gasteiger partial charge in [-0.2, -0.15) is 0 Å². The summed E-state index contributed by atoms with van der Waals surface area (Å²) in [6, 6.07) is 18.5. The molecule has 0 fully saturated rings. The van der Waals surface area contributed by atoms with Crippen molar-refractivity contribution in [3.8, 4) is 57.2 Å². The highest BCUT2D eigenvalue weighted by molar-refractivity contribution is 5.76. The third-order valence-electron chi connectivity index (χ3n) is 9.05. The number of aromatic nitrogens is 3. The summed E-state index contributed by atoms with van der Waals surface area (Å²) in [5, 5.41) is 22.5. The van der Waals surface area contributed by atoms with E-state index in [1.807, 2.05) is 58.0 Å². The molecule has 0 saturated heterocycles. The van der Waals surface area contributed by atoms with Crippen molar-refractivity contribution in [3.63, 3.8) is 0 Å². The Morgan fingerprint density at radius 3 is 1.38 bits per heavy atom. The first kappa shape index (κ1) is 45.4. The number of carbonyl (C=O) groups excluding carboxylic acids is 2. The van der Waals surface area contributed by atoms with Crippen molar-refractivity contribution in [2.45, 2.75) is 131 Å². The van der Waals surface area contributed by atoms with Crippen molar-refractivity contribution in [3.05, 3.63) is 66.7 Å². The highest BCUT2D eigenvalue weighted by Gasteiger charge is 2.26. The Morgan fingerprint density at radius 1 is 0.569 bits per heavy atom. The van der Waals surface area contributed by atoms with E-state index in [-0.39, 0.29) is 45.8 Å². The normalized spacial score (nSPS) is 13.3. The molecule has 2 N–H and O–H groups in total. The minimum absolute atomic E-state index is 0.137. The fraction of sp³-hybridized carbons (Fsp3) is 0.489. The average molecular weight is 802 g/mol. The zero-order valence-corrected chi connectivity index (χ0v) is 34.6. The average Bonchev–Trinajstić information content (AvgIpc) is 3.22. The fourth-order valence-electron chi connectivity index (χ4n) is 5.78. The number of carbonyl (C=O) groups is 2. The Labute approximate surface area is 342 Å². The first-order valence-electron chi connectivity index (χ1n) is 20.6. The van der Waals surface area contributed by atoms with E-state index in [4.69, 9.17) is 28.4 Å². The van der Waals surface area contributed by atoms with Gasteiger partial charge in [-0.25, -0.2) is 24.5 Å². The van der Waals surface area contributed by atoms with Crippen molar-refractivity contribution in [1.29, 1.82) is 0 Å². The standard InChI is InChI=1S/C45H59N3O10/c1-7-13-26-53-37(18-9-3)44(51)57-39(11-5)55-31-22-24-33(35(49)28-31)42-46-41(30-20-16-15-17-21-30)47-43(48-42)34-25-23-32(29-36(34)50)56-40(12-6)58-45(52)38(19-10-4)54-27-14-8-2/h15-17,20-25,28-29,37-40,49-50H,7-14,18-19,26-27H2,1-6H3. The molecule has 1 heterocycles. The van der Waals surface area contributed by atoms with Crippen LogP contribution < -0.4 is 9.47 Å². The van der Waals surface area contributed by atoms with Gasteiger partial charge < -0.3 is 38.6 Å². The number of phenolic OH excluding ortho intramolecular Hbond substituents is 2. The highest BCUT2D eigenvalue weighted by atomic mass is 16.7. The van der Waals surface area contributed by atoms with Gasteiger partial charge in [0.15, 0.2) is 29.7 Å². The number of benzene rings is 3. The highest BCUT2D eigenvalue weighted by Crippen LogP contribution is 2.36. The lowest BCUT2D eigenvalue weighted by molar-refractivity contribution is -0.178. The second kappa shape index (κ2) is 23.8. The molecule has 0 aliphatic rings. The summed E-state index contributed by atoms with van der Waals surface area (Å²) in [6.07, 6.45) is 3.76. The number of nitrogens with zero attached hydrogens (tertiary/aromatic N) is 3. The van der Waals surface area contributed by atoms with Crippen LogP contribution in [0.5, 0.6) is 23.0 Å². The quantitative estimate of drug-likeness (QED) is 0.0370. The monoisotopic (exact) mass is 801 g/mol. The molecule has 314 valence electrons. The zero-order chi connectivity index (χ0) is 41.9. The van der Waals surface area contributed by atoms with E-state index >= 15 is 0 Å². The summed E-state index contributed by atoms with van der Waals surface area (Å²) in [6.45, 7) is 12.7. The number of esters is 2. The molecule has 13 heteroatoms. The van der Waals surface area contributed by atoms with Gasteiger partial charge in [0.1, 0.15) is 23.0 Å². The second-order valence-electron chi connectivity index (χ2n) is 13.8. The van der Waals surface area contributed by atoms with Crippen LogP contribution in [-0.2, 0) is 28.5 Å². The van der Waals surface area contributed by atoms with Gasteiger partial charge in [-0.15, -0.1) is 0 Å². The van der Waals surface area contributed by atoms with Crippen LogP contribution in [0.3, 0.4) is 0 Å². The van der Waals surface area contributed by atoms with Crippen molar-refractivity contribution in [1.82, 2.24) is 15.0 Å². The molecule has 4 rings (SSSR count). The number of unbranched alkanes of at least 4 members (excludes halogenated alkanes) is 2. The molecular formula is C45H59N3O10. The maximum absolute atomic E-state index is 13.0. The van der Waals surface area contributed by atoms with Crippen molar-refractivity contribution >= 4 is 11.9 Å². The summed E-state index contributed by atoms with van der Waals surface area (Å²) >= 11 is 0. The predicted octanol–water partition coefficient (Wildman–Crippen LogP) is 9.57. The van der Waals surface area contributed by atoms with Crippen molar-refractivity contribution in [2.75, 3.05) is 13.2 Å². The summed E-state index contributed by atoms with van der Waals surface area (Å²) in [5.41, 5.74) is 1.24. The van der Waals surface area contributed by atoms with E-state index in [2.05, 4.69) is 28.8 Å². The third-order valence-corrected chi connectivity index (χ3v) is 9.05. The summed E-state index contributed by atoms with van der Waals surface area (Å²) in [7, 11) is 0. The molecule has 0 amide bonds. The van der Waals surface area contributed by atoms with Gasteiger partial charge in [-0.05, 0) is 49.9 Å². The van der Waals surface area contributed by atoms with E-state index in [9.17, 15) is 19.8 Å². The smallest absolute Gasteiger partial charge is 0.338 e. The molecular weight excluding hydrogens is 743 g/mol. The van der Waals surface area contributed by atoms with Crippen LogP contribution in [0.4, 0.5) is 0 Å². The lowest BCUT2D eigenvalue weighted by Gasteiger charge is -2.22. The second-order valence-corrected chi connectivity index (χ2v) is 13.8. The van der Waals surface area contributed by atoms with Gasteiger partial charge in [-0.1, -0.05) is 97.6 Å². The zero-order valence-electron chi connectivity index (χ0n) is 34.6. The number of hydrogen-bond acceptors (Lipinski definition) is 13. The topological polar surface area (TPSA) is 169 Å². The largest absolute Gasteiger partial charge is 0.507 e. The molecule has 0 spiro atoms. The Bertz CT molecular complexity index is 1760. The van der Waals surface area contributed by atoms with Gasteiger partial charge in [0, 0.05) is 43.8 Å². The van der Waals surface area contributed by atoms with Crippen LogP contribution in [0.25, 0.3) is 34.2 Å². The summed E-state index contributed by atoms with van der Waals surface area (Å²) in [4.78, 5) is 39.9. The first-order chi connectivity index (χ1) is 28.1. The molecule has 58 heavy (non-hydrogen) atoms. The minimum Gasteiger partial charge on any atom is -0.507 e.